The van der Waals surface area contributed by atoms with Crippen molar-refractivity contribution in [3.8, 4) is 0 Å². The average Bonchev–Trinajstić information content (AvgIpc) is 2.83. The summed E-state index contributed by atoms with van der Waals surface area (Å²) in [6, 6.07) is 4.24. The highest BCUT2D eigenvalue weighted by molar-refractivity contribution is 6.30. The van der Waals surface area contributed by atoms with E-state index in [1.54, 1.807) is 6.20 Å². The second-order valence-electron chi connectivity index (χ2n) is 4.67. The van der Waals surface area contributed by atoms with E-state index in [2.05, 4.69) is 41.1 Å². The van der Waals surface area contributed by atoms with Gasteiger partial charge in [0, 0.05) is 25.5 Å². The quantitative estimate of drug-likeness (QED) is 0.815. The number of pyridine rings is 1. The summed E-state index contributed by atoms with van der Waals surface area (Å²) in [4.78, 5) is 6.69. The topological polar surface area (TPSA) is 34.0 Å². The molecule has 0 aromatic carbocycles. The van der Waals surface area contributed by atoms with Gasteiger partial charge < -0.3 is 0 Å². The van der Waals surface area contributed by atoms with E-state index in [0.29, 0.717) is 5.02 Å². The van der Waals surface area contributed by atoms with E-state index in [1.165, 1.54) is 5.56 Å². The van der Waals surface area contributed by atoms with Crippen molar-refractivity contribution in [2.24, 2.45) is 0 Å². The highest BCUT2D eigenvalue weighted by Gasteiger charge is 2.03. The molecule has 2 aromatic heterocycles. The molecule has 0 saturated carbocycles. The van der Waals surface area contributed by atoms with Gasteiger partial charge in [-0.2, -0.15) is 5.10 Å². The van der Waals surface area contributed by atoms with Crippen molar-refractivity contribution in [1.29, 1.82) is 0 Å². The predicted octanol–water partition coefficient (Wildman–Crippen LogP) is 2.63. The van der Waals surface area contributed by atoms with E-state index in [4.69, 9.17) is 11.6 Å². The lowest BCUT2D eigenvalue weighted by Gasteiger charge is -2.16. The second kappa shape index (κ2) is 6.68. The van der Waals surface area contributed by atoms with Gasteiger partial charge in [-0.1, -0.05) is 24.6 Å². The van der Waals surface area contributed by atoms with E-state index in [1.807, 2.05) is 17.1 Å². The van der Waals surface area contributed by atoms with Gasteiger partial charge in [-0.25, -0.2) is 0 Å². The van der Waals surface area contributed by atoms with Crippen molar-refractivity contribution in [2.45, 2.75) is 26.4 Å². The Bertz CT molecular complexity index is 506. The minimum absolute atomic E-state index is 0.680. The summed E-state index contributed by atoms with van der Waals surface area (Å²) >= 11 is 5.83. The first-order valence-electron chi connectivity index (χ1n) is 6.47. The lowest BCUT2D eigenvalue weighted by Crippen LogP contribution is -2.23. The van der Waals surface area contributed by atoms with Crippen molar-refractivity contribution in [3.63, 3.8) is 0 Å². The number of aryl methyl sites for hydroxylation is 1. The Morgan fingerprint density at radius 3 is 2.74 bits per heavy atom. The van der Waals surface area contributed by atoms with Gasteiger partial charge in [0.1, 0.15) is 0 Å². The highest BCUT2D eigenvalue weighted by Crippen LogP contribution is 2.06. The molecule has 5 heteroatoms. The molecule has 0 amide bonds. The SMILES string of the molecule is CCc1ccc(CN(C)CCn2cc(Cl)cn2)nc1. The molecule has 0 aliphatic heterocycles. The molecule has 0 aliphatic carbocycles. The summed E-state index contributed by atoms with van der Waals surface area (Å²) < 4.78 is 1.85. The summed E-state index contributed by atoms with van der Waals surface area (Å²) in [6.07, 6.45) is 6.48. The fraction of sp³-hybridized carbons (Fsp3) is 0.429. The van der Waals surface area contributed by atoms with Gasteiger partial charge in [-0.05, 0) is 25.1 Å². The largest absolute Gasteiger partial charge is 0.299 e. The Kier molecular flexibility index (Phi) is 4.93. The Labute approximate surface area is 119 Å². The second-order valence-corrected chi connectivity index (χ2v) is 5.11. The van der Waals surface area contributed by atoms with Crippen LogP contribution in [0.2, 0.25) is 5.02 Å². The first kappa shape index (κ1) is 14.0. The molecule has 0 radical (unpaired) electrons. The highest BCUT2D eigenvalue weighted by atomic mass is 35.5. The maximum Gasteiger partial charge on any atom is 0.0785 e. The van der Waals surface area contributed by atoms with Crippen LogP contribution >= 0.6 is 11.6 Å². The van der Waals surface area contributed by atoms with E-state index in [-0.39, 0.29) is 0 Å². The molecule has 0 N–H and O–H groups in total. The third-order valence-electron chi connectivity index (χ3n) is 3.04. The van der Waals surface area contributed by atoms with Gasteiger partial charge in [-0.15, -0.1) is 0 Å². The summed E-state index contributed by atoms with van der Waals surface area (Å²) in [7, 11) is 2.08. The van der Waals surface area contributed by atoms with E-state index >= 15 is 0 Å². The lowest BCUT2D eigenvalue weighted by molar-refractivity contribution is 0.302. The van der Waals surface area contributed by atoms with Gasteiger partial charge in [0.25, 0.3) is 0 Å². The monoisotopic (exact) mass is 278 g/mol. The number of likely N-dealkylation sites (N-methyl/N-ethyl adjacent to an activating group) is 1. The van der Waals surface area contributed by atoms with Gasteiger partial charge >= 0.3 is 0 Å². The van der Waals surface area contributed by atoms with Gasteiger partial charge in [0.05, 0.1) is 23.5 Å². The van der Waals surface area contributed by atoms with Crippen LogP contribution < -0.4 is 0 Å². The van der Waals surface area contributed by atoms with Crippen LogP contribution in [0.1, 0.15) is 18.2 Å². The van der Waals surface area contributed by atoms with Gasteiger partial charge in [0.15, 0.2) is 0 Å². The van der Waals surface area contributed by atoms with Crippen molar-refractivity contribution < 1.29 is 0 Å². The van der Waals surface area contributed by atoms with Crippen molar-refractivity contribution in [3.05, 3.63) is 47.0 Å². The molecule has 0 atom stereocenters. The van der Waals surface area contributed by atoms with Gasteiger partial charge in [0.2, 0.25) is 0 Å². The maximum absolute atomic E-state index is 5.83. The molecular formula is C14H19ClN4. The number of rotatable bonds is 6. The van der Waals surface area contributed by atoms with E-state index in [9.17, 15) is 0 Å². The van der Waals surface area contributed by atoms with E-state index in [0.717, 1.165) is 31.7 Å². The summed E-state index contributed by atoms with van der Waals surface area (Å²) in [6.45, 7) is 4.72. The van der Waals surface area contributed by atoms with Crippen LogP contribution in [0.25, 0.3) is 0 Å². The number of hydrogen-bond donors (Lipinski definition) is 0. The average molecular weight is 279 g/mol. The first-order valence-corrected chi connectivity index (χ1v) is 6.85. The molecule has 4 nitrogen and oxygen atoms in total. The maximum atomic E-state index is 5.83. The zero-order valence-electron chi connectivity index (χ0n) is 11.4. The molecule has 2 aromatic rings. The normalized spacial score (nSPS) is 11.2. The molecule has 0 saturated heterocycles. The van der Waals surface area contributed by atoms with Crippen LogP contribution in [0.3, 0.4) is 0 Å². The summed E-state index contributed by atoms with van der Waals surface area (Å²) in [5, 5.41) is 4.84. The Hall–Kier alpha value is -1.39. The zero-order chi connectivity index (χ0) is 13.7. The Balaban J connectivity index is 1.81. The fourth-order valence-corrected chi connectivity index (χ4v) is 2.00. The summed E-state index contributed by atoms with van der Waals surface area (Å²) in [5.41, 5.74) is 2.37. The van der Waals surface area contributed by atoms with Crippen LogP contribution in [-0.2, 0) is 19.5 Å². The molecule has 0 spiro atoms. The van der Waals surface area contributed by atoms with Crippen molar-refractivity contribution in [2.75, 3.05) is 13.6 Å². The summed E-state index contributed by atoms with van der Waals surface area (Å²) in [5.74, 6) is 0. The van der Waals surface area contributed by atoms with Crippen LogP contribution in [0.4, 0.5) is 0 Å². The standard InChI is InChI=1S/C14H19ClN4/c1-3-12-4-5-14(16-8-12)11-18(2)6-7-19-10-13(15)9-17-19/h4-5,8-10H,3,6-7,11H2,1-2H3. The Morgan fingerprint density at radius 2 is 2.16 bits per heavy atom. The van der Waals surface area contributed by atoms with Crippen LogP contribution in [-0.4, -0.2) is 33.3 Å². The van der Waals surface area contributed by atoms with Gasteiger partial charge in [-0.3, -0.25) is 14.6 Å². The molecule has 102 valence electrons. The zero-order valence-corrected chi connectivity index (χ0v) is 12.1. The molecule has 0 bridgehead atoms. The minimum atomic E-state index is 0.680. The molecular weight excluding hydrogens is 260 g/mol. The predicted molar refractivity (Wildman–Crippen MR) is 77.2 cm³/mol. The molecule has 2 rings (SSSR count). The number of halogens is 1. The Morgan fingerprint density at radius 1 is 1.32 bits per heavy atom. The number of nitrogens with zero attached hydrogens (tertiary/aromatic N) is 4. The smallest absolute Gasteiger partial charge is 0.0785 e. The van der Waals surface area contributed by atoms with Crippen LogP contribution in [0, 0.1) is 0 Å². The third-order valence-corrected chi connectivity index (χ3v) is 3.23. The van der Waals surface area contributed by atoms with Crippen LogP contribution in [0.15, 0.2) is 30.7 Å². The molecule has 0 aliphatic rings. The number of hydrogen-bond acceptors (Lipinski definition) is 3. The first-order chi connectivity index (χ1) is 9.17. The molecule has 0 unspecified atom stereocenters. The molecule has 0 fully saturated rings. The van der Waals surface area contributed by atoms with Crippen molar-refractivity contribution in [1.82, 2.24) is 19.7 Å². The van der Waals surface area contributed by atoms with E-state index < -0.39 is 0 Å². The molecule has 2 heterocycles. The van der Waals surface area contributed by atoms with Crippen LogP contribution in [0.5, 0.6) is 0 Å². The third kappa shape index (κ3) is 4.33. The minimum Gasteiger partial charge on any atom is -0.299 e. The fourth-order valence-electron chi connectivity index (χ4n) is 1.85. The lowest BCUT2D eigenvalue weighted by atomic mass is 10.2. The number of aromatic nitrogens is 3. The molecule has 19 heavy (non-hydrogen) atoms. The van der Waals surface area contributed by atoms with Crippen molar-refractivity contribution >= 4 is 11.6 Å².